The minimum atomic E-state index is 0. The molecular formula is C14H17Cl2NO2. The first kappa shape index (κ1) is 16.1. The number of nitrogens with zero attached hydrogens (tertiary/aromatic N) is 1. The van der Waals surface area contributed by atoms with Crippen molar-refractivity contribution in [1.29, 1.82) is 0 Å². The minimum absolute atomic E-state index is 0. The highest BCUT2D eigenvalue weighted by molar-refractivity contribution is 6.30. The summed E-state index contributed by atoms with van der Waals surface area (Å²) in [4.78, 5) is 2.27. The summed E-state index contributed by atoms with van der Waals surface area (Å²) in [5.74, 6) is 6.86. The summed E-state index contributed by atoms with van der Waals surface area (Å²) in [6.45, 7) is 4.71. The van der Waals surface area contributed by atoms with E-state index in [9.17, 15) is 0 Å². The quantitative estimate of drug-likeness (QED) is 0.801. The van der Waals surface area contributed by atoms with E-state index in [-0.39, 0.29) is 12.4 Å². The molecule has 2 rings (SSSR count). The zero-order chi connectivity index (χ0) is 12.6. The van der Waals surface area contributed by atoms with Crippen molar-refractivity contribution in [3.8, 4) is 17.6 Å². The highest BCUT2D eigenvalue weighted by Crippen LogP contribution is 2.16. The fraction of sp³-hybridized carbons (Fsp3) is 0.429. The SMILES string of the molecule is Cl.Clc1cccc(OCC#CCN2CCOCC2)c1. The van der Waals surface area contributed by atoms with Crippen LogP contribution in [0.3, 0.4) is 0 Å². The van der Waals surface area contributed by atoms with E-state index in [1.807, 2.05) is 18.2 Å². The van der Waals surface area contributed by atoms with E-state index in [1.54, 1.807) is 6.07 Å². The Morgan fingerprint density at radius 2 is 2.05 bits per heavy atom. The van der Waals surface area contributed by atoms with Crippen molar-refractivity contribution in [2.45, 2.75) is 0 Å². The van der Waals surface area contributed by atoms with E-state index in [2.05, 4.69) is 16.7 Å². The molecule has 1 heterocycles. The molecule has 5 heteroatoms. The third kappa shape index (κ3) is 6.17. The van der Waals surface area contributed by atoms with Gasteiger partial charge in [0.15, 0.2) is 0 Å². The molecule has 1 aromatic carbocycles. The van der Waals surface area contributed by atoms with Gasteiger partial charge in [0.05, 0.1) is 19.8 Å². The van der Waals surface area contributed by atoms with Gasteiger partial charge in [0, 0.05) is 18.1 Å². The van der Waals surface area contributed by atoms with E-state index < -0.39 is 0 Å². The lowest BCUT2D eigenvalue weighted by Gasteiger charge is -2.24. The van der Waals surface area contributed by atoms with Gasteiger partial charge in [0.25, 0.3) is 0 Å². The van der Waals surface area contributed by atoms with Crippen LogP contribution < -0.4 is 4.74 Å². The van der Waals surface area contributed by atoms with Crippen LogP contribution in [-0.4, -0.2) is 44.4 Å². The lowest BCUT2D eigenvalue weighted by molar-refractivity contribution is 0.0443. The molecule has 0 unspecified atom stereocenters. The van der Waals surface area contributed by atoms with Crippen molar-refractivity contribution in [1.82, 2.24) is 4.90 Å². The van der Waals surface area contributed by atoms with E-state index in [4.69, 9.17) is 21.1 Å². The fourth-order valence-electron chi connectivity index (χ4n) is 1.65. The maximum atomic E-state index is 5.85. The highest BCUT2D eigenvalue weighted by Gasteiger charge is 2.07. The second-order valence-electron chi connectivity index (χ2n) is 3.99. The molecule has 104 valence electrons. The van der Waals surface area contributed by atoms with E-state index in [1.165, 1.54) is 0 Å². The Hall–Kier alpha value is -0.920. The molecule has 19 heavy (non-hydrogen) atoms. The highest BCUT2D eigenvalue weighted by atomic mass is 35.5. The molecular weight excluding hydrogens is 285 g/mol. The molecule has 1 fully saturated rings. The Labute approximate surface area is 125 Å². The summed E-state index contributed by atoms with van der Waals surface area (Å²) >= 11 is 5.85. The number of hydrogen-bond donors (Lipinski definition) is 0. The number of rotatable bonds is 3. The standard InChI is InChI=1S/C14H16ClNO2.ClH/c15-13-4-3-5-14(12-13)18-9-2-1-6-16-7-10-17-11-8-16;/h3-5,12H,6-11H2;1H. The van der Waals surface area contributed by atoms with Gasteiger partial charge in [-0.3, -0.25) is 4.90 Å². The van der Waals surface area contributed by atoms with Crippen molar-refractivity contribution in [3.05, 3.63) is 29.3 Å². The second kappa shape index (κ2) is 9.06. The number of hydrogen-bond acceptors (Lipinski definition) is 3. The van der Waals surface area contributed by atoms with E-state index in [0.717, 1.165) is 38.6 Å². The van der Waals surface area contributed by atoms with Crippen LogP contribution in [0.25, 0.3) is 0 Å². The Morgan fingerprint density at radius 1 is 1.26 bits per heavy atom. The van der Waals surface area contributed by atoms with Gasteiger partial charge >= 0.3 is 0 Å². The van der Waals surface area contributed by atoms with Gasteiger partial charge in [-0.05, 0) is 18.2 Å². The van der Waals surface area contributed by atoms with Crippen LogP contribution in [0.5, 0.6) is 5.75 Å². The number of morpholine rings is 1. The Balaban J connectivity index is 0.00000180. The van der Waals surface area contributed by atoms with Crippen molar-refractivity contribution >= 4 is 24.0 Å². The maximum absolute atomic E-state index is 5.85. The van der Waals surface area contributed by atoms with Gasteiger partial charge in [-0.2, -0.15) is 0 Å². The zero-order valence-corrected chi connectivity index (χ0v) is 12.2. The van der Waals surface area contributed by atoms with Crippen LogP contribution >= 0.6 is 24.0 Å². The summed E-state index contributed by atoms with van der Waals surface area (Å²) in [7, 11) is 0. The largest absolute Gasteiger partial charge is 0.481 e. The first-order valence-electron chi connectivity index (χ1n) is 5.99. The van der Waals surface area contributed by atoms with Crippen LogP contribution in [0.15, 0.2) is 24.3 Å². The van der Waals surface area contributed by atoms with Crippen molar-refractivity contribution < 1.29 is 9.47 Å². The van der Waals surface area contributed by atoms with Crippen LogP contribution in [0, 0.1) is 11.8 Å². The third-order valence-corrected chi connectivity index (χ3v) is 2.87. The Bertz CT molecular complexity index is 437. The lowest BCUT2D eigenvalue weighted by Crippen LogP contribution is -2.36. The van der Waals surface area contributed by atoms with Gasteiger partial charge < -0.3 is 9.47 Å². The normalized spacial score (nSPS) is 15.0. The number of halogens is 2. The van der Waals surface area contributed by atoms with Crippen LogP contribution in [0.1, 0.15) is 0 Å². The van der Waals surface area contributed by atoms with Gasteiger partial charge in [-0.1, -0.05) is 29.5 Å². The molecule has 1 aliphatic rings. The Kier molecular flexibility index (Phi) is 7.69. The van der Waals surface area contributed by atoms with Gasteiger partial charge in [0.1, 0.15) is 12.4 Å². The molecule has 1 saturated heterocycles. The monoisotopic (exact) mass is 301 g/mol. The molecule has 0 radical (unpaired) electrons. The molecule has 0 aliphatic carbocycles. The van der Waals surface area contributed by atoms with Crippen molar-refractivity contribution in [3.63, 3.8) is 0 Å². The zero-order valence-electron chi connectivity index (χ0n) is 10.6. The fourth-order valence-corrected chi connectivity index (χ4v) is 1.83. The van der Waals surface area contributed by atoms with Crippen LogP contribution in [0.4, 0.5) is 0 Å². The van der Waals surface area contributed by atoms with Gasteiger partial charge in [0.2, 0.25) is 0 Å². The molecule has 0 bridgehead atoms. The average Bonchev–Trinajstić information content (AvgIpc) is 2.40. The Morgan fingerprint density at radius 3 is 2.79 bits per heavy atom. The molecule has 0 saturated carbocycles. The van der Waals surface area contributed by atoms with Crippen LogP contribution in [-0.2, 0) is 4.74 Å². The minimum Gasteiger partial charge on any atom is -0.481 e. The van der Waals surface area contributed by atoms with Crippen molar-refractivity contribution in [2.24, 2.45) is 0 Å². The number of benzene rings is 1. The van der Waals surface area contributed by atoms with Crippen LogP contribution in [0.2, 0.25) is 5.02 Å². The molecule has 0 spiro atoms. The molecule has 3 nitrogen and oxygen atoms in total. The smallest absolute Gasteiger partial charge is 0.149 e. The summed E-state index contributed by atoms with van der Waals surface area (Å²) < 4.78 is 10.7. The predicted octanol–water partition coefficient (Wildman–Crippen LogP) is 2.48. The maximum Gasteiger partial charge on any atom is 0.149 e. The lowest BCUT2D eigenvalue weighted by atomic mass is 10.3. The summed E-state index contributed by atoms with van der Waals surface area (Å²) in [6, 6.07) is 7.33. The van der Waals surface area contributed by atoms with E-state index >= 15 is 0 Å². The summed E-state index contributed by atoms with van der Waals surface area (Å²) in [5.41, 5.74) is 0. The first-order chi connectivity index (χ1) is 8.84. The average molecular weight is 302 g/mol. The summed E-state index contributed by atoms with van der Waals surface area (Å²) in [6.07, 6.45) is 0. The molecule has 0 amide bonds. The van der Waals surface area contributed by atoms with Gasteiger partial charge in [-0.25, -0.2) is 0 Å². The van der Waals surface area contributed by atoms with E-state index in [0.29, 0.717) is 11.6 Å². The summed E-state index contributed by atoms with van der Waals surface area (Å²) in [5, 5.41) is 0.675. The second-order valence-corrected chi connectivity index (χ2v) is 4.42. The predicted molar refractivity (Wildman–Crippen MR) is 79.2 cm³/mol. The number of ether oxygens (including phenoxy) is 2. The topological polar surface area (TPSA) is 21.7 Å². The molecule has 1 aromatic rings. The first-order valence-corrected chi connectivity index (χ1v) is 6.36. The molecule has 0 atom stereocenters. The third-order valence-electron chi connectivity index (χ3n) is 2.64. The molecule has 0 N–H and O–H groups in total. The van der Waals surface area contributed by atoms with Crippen molar-refractivity contribution in [2.75, 3.05) is 39.5 Å². The van der Waals surface area contributed by atoms with Gasteiger partial charge in [-0.15, -0.1) is 12.4 Å². The molecule has 1 aliphatic heterocycles. The molecule has 0 aromatic heterocycles.